The van der Waals surface area contributed by atoms with Crippen molar-refractivity contribution < 1.29 is 14.3 Å². The average Bonchev–Trinajstić information content (AvgIpc) is 2.54. The van der Waals surface area contributed by atoms with Crippen LogP contribution in [0.2, 0.25) is 0 Å². The first kappa shape index (κ1) is 8.73. The Labute approximate surface area is 87.0 Å². The Morgan fingerprint density at radius 1 is 1.53 bits per heavy atom. The Morgan fingerprint density at radius 3 is 3.00 bits per heavy atom. The topological polar surface area (TPSA) is 61.5 Å². The monoisotopic (exact) mass is 205 g/mol. The van der Waals surface area contributed by atoms with Gasteiger partial charge in [-0.25, -0.2) is 4.79 Å². The molecule has 1 aromatic carbocycles. The number of ether oxygens (including phenoxy) is 2. The van der Waals surface area contributed by atoms with Crippen molar-refractivity contribution in [2.45, 2.75) is 18.9 Å². The van der Waals surface area contributed by atoms with Crippen LogP contribution in [0.5, 0.6) is 11.5 Å². The van der Waals surface area contributed by atoms with E-state index in [0.717, 1.165) is 24.0 Å². The Hall–Kier alpha value is -1.55. The molecule has 0 saturated carbocycles. The normalized spacial score (nSPS) is 21.5. The van der Waals surface area contributed by atoms with Gasteiger partial charge in [-0.05, 0) is 24.5 Å². The molecule has 78 valence electrons. The molecule has 1 aliphatic carbocycles. The van der Waals surface area contributed by atoms with E-state index in [-0.39, 0.29) is 12.0 Å². The number of fused-ring (bicyclic) bond motifs is 3. The molecule has 3 rings (SSSR count). The van der Waals surface area contributed by atoms with Gasteiger partial charge in [0, 0.05) is 11.6 Å². The highest BCUT2D eigenvalue weighted by atomic mass is 16.6. The Morgan fingerprint density at radius 2 is 2.33 bits per heavy atom. The van der Waals surface area contributed by atoms with Crippen LogP contribution in [-0.4, -0.2) is 19.1 Å². The van der Waals surface area contributed by atoms with Gasteiger partial charge in [-0.2, -0.15) is 0 Å². The summed E-state index contributed by atoms with van der Waals surface area (Å²) < 4.78 is 10.2. The van der Waals surface area contributed by atoms with Crippen LogP contribution in [-0.2, 0) is 12.8 Å². The molecule has 0 amide bonds. The molecule has 1 aromatic rings. The molecule has 1 heterocycles. The van der Waals surface area contributed by atoms with E-state index < -0.39 is 0 Å². The van der Waals surface area contributed by atoms with Crippen molar-refractivity contribution in [2.75, 3.05) is 7.11 Å². The molecule has 0 radical (unpaired) electrons. The predicted molar refractivity (Wildman–Crippen MR) is 53.3 cm³/mol. The van der Waals surface area contributed by atoms with Crippen LogP contribution in [0.25, 0.3) is 0 Å². The van der Waals surface area contributed by atoms with E-state index >= 15 is 0 Å². The zero-order valence-corrected chi connectivity index (χ0v) is 8.37. The minimum Gasteiger partial charge on any atom is -0.496 e. The van der Waals surface area contributed by atoms with Gasteiger partial charge in [0.15, 0.2) is 5.75 Å². The molecule has 2 aliphatic rings. The number of hydrogen-bond donors (Lipinski definition) is 1. The maximum absolute atomic E-state index is 11.2. The lowest BCUT2D eigenvalue weighted by atomic mass is 10.00. The summed E-state index contributed by atoms with van der Waals surface area (Å²) in [7, 11) is 1.56. The van der Waals surface area contributed by atoms with E-state index in [0.29, 0.717) is 17.1 Å². The summed E-state index contributed by atoms with van der Waals surface area (Å²) in [6, 6.07) is 2.04. The predicted octanol–water partition coefficient (Wildman–Crippen LogP) is 0.654. The maximum Gasteiger partial charge on any atom is 0.351 e. The van der Waals surface area contributed by atoms with E-state index in [1.165, 1.54) is 0 Å². The fourth-order valence-corrected chi connectivity index (χ4v) is 2.31. The van der Waals surface area contributed by atoms with Gasteiger partial charge >= 0.3 is 5.97 Å². The van der Waals surface area contributed by atoms with E-state index in [1.54, 1.807) is 7.11 Å². The highest BCUT2D eigenvalue weighted by molar-refractivity contribution is 6.05. The van der Waals surface area contributed by atoms with Gasteiger partial charge in [0.05, 0.1) is 7.11 Å². The quantitative estimate of drug-likeness (QED) is 0.684. The van der Waals surface area contributed by atoms with Gasteiger partial charge < -0.3 is 15.2 Å². The fourth-order valence-electron chi connectivity index (χ4n) is 2.31. The number of methoxy groups -OCH3 is 1. The molecule has 2 N–H and O–H groups in total. The summed E-state index contributed by atoms with van der Waals surface area (Å²) >= 11 is 0. The van der Waals surface area contributed by atoms with E-state index in [1.807, 2.05) is 6.07 Å². The number of carbonyl (C=O) groups excluding carboxylic acids is 1. The van der Waals surface area contributed by atoms with Crippen molar-refractivity contribution in [2.24, 2.45) is 5.73 Å². The molecular weight excluding hydrogens is 194 g/mol. The third-order valence-corrected chi connectivity index (χ3v) is 3.01. The van der Waals surface area contributed by atoms with E-state index in [4.69, 9.17) is 15.2 Å². The lowest BCUT2D eigenvalue weighted by molar-refractivity contribution is 0.0649. The molecular formula is C11H11NO3. The van der Waals surface area contributed by atoms with Crippen molar-refractivity contribution in [3.63, 3.8) is 0 Å². The largest absolute Gasteiger partial charge is 0.496 e. The average molecular weight is 205 g/mol. The van der Waals surface area contributed by atoms with Crippen molar-refractivity contribution in [1.82, 2.24) is 0 Å². The first-order valence-electron chi connectivity index (χ1n) is 4.91. The standard InChI is InChI=1S/C11H11NO3/c1-14-8-3-5-2-6(12)4-7(5)10-9(8)11(13)15-10/h3,6H,2,4,12H2,1H3. The van der Waals surface area contributed by atoms with Crippen molar-refractivity contribution in [1.29, 1.82) is 0 Å². The first-order valence-corrected chi connectivity index (χ1v) is 4.91. The van der Waals surface area contributed by atoms with Crippen molar-refractivity contribution in [3.8, 4) is 11.5 Å². The lowest BCUT2D eigenvalue weighted by Crippen LogP contribution is -2.24. The van der Waals surface area contributed by atoms with Crippen LogP contribution in [0.1, 0.15) is 21.5 Å². The second kappa shape index (κ2) is 2.73. The summed E-state index contributed by atoms with van der Waals surface area (Å²) in [6.07, 6.45) is 1.62. The molecule has 0 aromatic heterocycles. The van der Waals surface area contributed by atoms with Gasteiger partial charge in [0.1, 0.15) is 11.3 Å². The van der Waals surface area contributed by atoms with Gasteiger partial charge in [-0.3, -0.25) is 0 Å². The maximum atomic E-state index is 11.2. The number of esters is 1. The second-order valence-corrected chi connectivity index (χ2v) is 3.98. The summed E-state index contributed by atoms with van der Waals surface area (Å²) in [4.78, 5) is 11.2. The van der Waals surface area contributed by atoms with E-state index in [2.05, 4.69) is 0 Å². The van der Waals surface area contributed by atoms with Crippen LogP contribution in [0.15, 0.2) is 6.07 Å². The number of nitrogens with two attached hydrogens (primary N) is 1. The Kier molecular flexibility index (Phi) is 1.59. The zero-order valence-electron chi connectivity index (χ0n) is 8.37. The number of hydrogen-bond acceptors (Lipinski definition) is 4. The minimum absolute atomic E-state index is 0.135. The Balaban J connectivity index is 2.21. The molecule has 15 heavy (non-hydrogen) atoms. The molecule has 0 fully saturated rings. The van der Waals surface area contributed by atoms with Crippen molar-refractivity contribution >= 4 is 5.97 Å². The summed E-state index contributed by atoms with van der Waals surface area (Å²) in [5, 5.41) is 0. The van der Waals surface area contributed by atoms with Gasteiger partial charge in [0.2, 0.25) is 0 Å². The third kappa shape index (κ3) is 1.02. The Bertz CT molecular complexity index is 467. The number of carbonyl (C=O) groups is 1. The second-order valence-electron chi connectivity index (χ2n) is 3.98. The molecule has 1 atom stereocenters. The SMILES string of the molecule is COc1cc2c(c3c1C(=O)O3)CC(N)C2. The zero-order chi connectivity index (χ0) is 10.6. The molecule has 0 bridgehead atoms. The highest BCUT2D eigenvalue weighted by Gasteiger charge is 2.37. The minimum atomic E-state index is -0.301. The van der Waals surface area contributed by atoms with Crippen LogP contribution < -0.4 is 15.2 Å². The molecule has 4 nitrogen and oxygen atoms in total. The van der Waals surface area contributed by atoms with E-state index in [9.17, 15) is 4.79 Å². The fraction of sp³-hybridized carbons (Fsp3) is 0.364. The highest BCUT2D eigenvalue weighted by Crippen LogP contribution is 2.44. The smallest absolute Gasteiger partial charge is 0.351 e. The summed E-state index contributed by atoms with van der Waals surface area (Å²) in [5.41, 5.74) is 8.67. The molecule has 4 heteroatoms. The van der Waals surface area contributed by atoms with Crippen LogP contribution in [0, 0.1) is 0 Å². The summed E-state index contributed by atoms with van der Waals surface area (Å²) in [6.45, 7) is 0. The van der Waals surface area contributed by atoms with Crippen LogP contribution in [0.3, 0.4) is 0 Å². The van der Waals surface area contributed by atoms with Crippen LogP contribution in [0.4, 0.5) is 0 Å². The third-order valence-electron chi connectivity index (χ3n) is 3.01. The van der Waals surface area contributed by atoms with Gasteiger partial charge in [-0.15, -0.1) is 0 Å². The van der Waals surface area contributed by atoms with Gasteiger partial charge in [0.25, 0.3) is 0 Å². The molecule has 1 unspecified atom stereocenters. The van der Waals surface area contributed by atoms with Gasteiger partial charge in [-0.1, -0.05) is 0 Å². The molecule has 1 aliphatic heterocycles. The number of benzene rings is 1. The van der Waals surface area contributed by atoms with Crippen molar-refractivity contribution in [3.05, 3.63) is 22.8 Å². The first-order chi connectivity index (χ1) is 7.20. The summed E-state index contributed by atoms with van der Waals surface area (Å²) in [5.74, 6) is 0.988. The lowest BCUT2D eigenvalue weighted by Gasteiger charge is -2.23. The molecule has 0 spiro atoms. The molecule has 0 saturated heterocycles. The number of rotatable bonds is 1. The van der Waals surface area contributed by atoms with Crippen LogP contribution >= 0.6 is 0 Å².